The summed E-state index contributed by atoms with van der Waals surface area (Å²) in [4.78, 5) is 34.8. The summed E-state index contributed by atoms with van der Waals surface area (Å²) in [5, 5.41) is 7.99. The Kier molecular flexibility index (Phi) is 6.85. The van der Waals surface area contributed by atoms with Crippen LogP contribution in [0.3, 0.4) is 0 Å². The fourth-order valence-electron chi connectivity index (χ4n) is 4.34. The van der Waals surface area contributed by atoms with Crippen LogP contribution in [0.2, 0.25) is 0 Å². The van der Waals surface area contributed by atoms with Crippen LogP contribution in [0.15, 0.2) is 61.2 Å². The molecule has 4 aromatic rings. The lowest BCUT2D eigenvalue weighted by atomic mass is 10.0. The molecule has 0 bridgehead atoms. The normalized spacial score (nSPS) is 14.0. The van der Waals surface area contributed by atoms with Crippen molar-refractivity contribution in [3.05, 3.63) is 61.2 Å². The number of nitrogens with one attached hydrogen (secondary N) is 2. The predicted molar refractivity (Wildman–Crippen MR) is 140 cm³/mol. The molecule has 0 spiro atoms. The fraction of sp³-hybridized carbons (Fsp3) is 0.269. The second-order valence-electron chi connectivity index (χ2n) is 8.50. The molecular weight excluding hydrogens is 456 g/mol. The predicted octanol–water partition coefficient (Wildman–Crippen LogP) is 2.90. The zero-order chi connectivity index (χ0) is 24.9. The number of nitrogens with zero attached hydrogens (tertiary/aromatic N) is 6. The number of anilines is 3. The Morgan fingerprint density at radius 3 is 2.64 bits per heavy atom. The van der Waals surface area contributed by atoms with Crippen LogP contribution in [-0.4, -0.2) is 77.6 Å². The minimum atomic E-state index is -0.0668. The molecule has 10 nitrogen and oxygen atoms in total. The molecule has 3 heterocycles. The first kappa shape index (κ1) is 23.4. The first-order valence-electron chi connectivity index (χ1n) is 11.8. The number of carbonyl (C=O) groups excluding carboxylic acids is 1. The van der Waals surface area contributed by atoms with Gasteiger partial charge in [0.25, 0.3) is 0 Å². The van der Waals surface area contributed by atoms with Gasteiger partial charge in [0.15, 0.2) is 0 Å². The lowest BCUT2D eigenvalue weighted by Crippen LogP contribution is -2.49. The van der Waals surface area contributed by atoms with Crippen molar-refractivity contribution in [2.75, 3.05) is 62.4 Å². The van der Waals surface area contributed by atoms with Gasteiger partial charge in [0.2, 0.25) is 11.9 Å². The zero-order valence-corrected chi connectivity index (χ0v) is 20.3. The molecular formula is C26H28N8O2. The number of rotatable bonds is 7. The average molecular weight is 485 g/mol. The number of benzene rings is 2. The molecule has 1 fully saturated rings. The van der Waals surface area contributed by atoms with Crippen molar-refractivity contribution in [1.82, 2.24) is 24.8 Å². The maximum Gasteiger partial charge on any atom is 0.238 e. The van der Waals surface area contributed by atoms with Crippen LogP contribution in [0, 0.1) is 0 Å². The van der Waals surface area contributed by atoms with Gasteiger partial charge < -0.3 is 20.3 Å². The Hall–Kier alpha value is -4.31. The van der Waals surface area contributed by atoms with Gasteiger partial charge in [-0.2, -0.15) is 0 Å². The molecule has 1 saturated heterocycles. The van der Waals surface area contributed by atoms with Crippen molar-refractivity contribution in [2.24, 2.45) is 0 Å². The smallest absolute Gasteiger partial charge is 0.238 e. The maximum absolute atomic E-state index is 13.1. The molecule has 1 aliphatic rings. The Morgan fingerprint density at radius 2 is 1.89 bits per heavy atom. The standard InChI is InChI=1S/C26H28N8O2/c1-27-26-30-6-5-22(32-26)19-13-18-3-4-20(36-2)15-21(18)23(14-19)31-25(35)17-33-9-11-34(12-10-33)24-16-28-7-8-29-24/h3-8,13-16H,9-12,17H2,1-2H3,(H,31,35)(H,27,30,32). The summed E-state index contributed by atoms with van der Waals surface area (Å²) in [5.41, 5.74) is 2.37. The molecule has 0 radical (unpaired) electrons. The monoisotopic (exact) mass is 484 g/mol. The van der Waals surface area contributed by atoms with Crippen LogP contribution in [0.5, 0.6) is 5.75 Å². The van der Waals surface area contributed by atoms with Crippen molar-refractivity contribution in [3.8, 4) is 17.0 Å². The summed E-state index contributed by atoms with van der Waals surface area (Å²) >= 11 is 0. The summed E-state index contributed by atoms with van der Waals surface area (Å²) < 4.78 is 5.43. The minimum absolute atomic E-state index is 0.0668. The highest BCUT2D eigenvalue weighted by molar-refractivity contribution is 6.05. The van der Waals surface area contributed by atoms with Gasteiger partial charge in [-0.1, -0.05) is 6.07 Å². The lowest BCUT2D eigenvalue weighted by Gasteiger charge is -2.34. The van der Waals surface area contributed by atoms with Crippen LogP contribution in [-0.2, 0) is 4.79 Å². The second kappa shape index (κ2) is 10.5. The molecule has 2 N–H and O–H groups in total. The molecule has 0 atom stereocenters. The summed E-state index contributed by atoms with van der Waals surface area (Å²) in [5.74, 6) is 2.06. The Morgan fingerprint density at radius 1 is 1.03 bits per heavy atom. The van der Waals surface area contributed by atoms with Gasteiger partial charge in [-0.3, -0.25) is 14.7 Å². The molecule has 2 aromatic heterocycles. The molecule has 2 aromatic carbocycles. The third kappa shape index (κ3) is 5.18. The van der Waals surface area contributed by atoms with E-state index in [1.807, 2.05) is 30.3 Å². The number of piperazine rings is 1. The number of methoxy groups -OCH3 is 1. The van der Waals surface area contributed by atoms with Crippen LogP contribution in [0.25, 0.3) is 22.0 Å². The van der Waals surface area contributed by atoms with E-state index < -0.39 is 0 Å². The van der Waals surface area contributed by atoms with Crippen molar-refractivity contribution < 1.29 is 9.53 Å². The van der Waals surface area contributed by atoms with E-state index >= 15 is 0 Å². The van der Waals surface area contributed by atoms with Gasteiger partial charge >= 0.3 is 0 Å². The van der Waals surface area contributed by atoms with E-state index in [-0.39, 0.29) is 5.91 Å². The number of hydrogen-bond donors (Lipinski definition) is 2. The van der Waals surface area contributed by atoms with E-state index in [9.17, 15) is 4.79 Å². The molecule has 0 aliphatic carbocycles. The largest absolute Gasteiger partial charge is 0.497 e. The Labute approximate surface area is 209 Å². The van der Waals surface area contributed by atoms with Crippen LogP contribution in [0.1, 0.15) is 0 Å². The Bertz CT molecular complexity index is 1360. The van der Waals surface area contributed by atoms with Gasteiger partial charge in [0.05, 0.1) is 25.5 Å². The average Bonchev–Trinajstić information content (AvgIpc) is 2.93. The highest BCUT2D eigenvalue weighted by atomic mass is 16.5. The highest BCUT2D eigenvalue weighted by Gasteiger charge is 2.20. The molecule has 5 rings (SSSR count). The summed E-state index contributed by atoms with van der Waals surface area (Å²) in [7, 11) is 3.42. The first-order valence-corrected chi connectivity index (χ1v) is 11.8. The maximum atomic E-state index is 13.1. The number of aromatic nitrogens is 4. The highest BCUT2D eigenvalue weighted by Crippen LogP contribution is 2.33. The number of amides is 1. The third-order valence-corrected chi connectivity index (χ3v) is 6.22. The molecule has 1 amide bonds. The van der Waals surface area contributed by atoms with Crippen molar-refractivity contribution >= 4 is 34.1 Å². The van der Waals surface area contributed by atoms with Gasteiger partial charge in [-0.15, -0.1) is 0 Å². The van der Waals surface area contributed by atoms with E-state index in [0.29, 0.717) is 18.2 Å². The van der Waals surface area contributed by atoms with Gasteiger partial charge in [-0.25, -0.2) is 15.0 Å². The van der Waals surface area contributed by atoms with Crippen molar-refractivity contribution in [1.29, 1.82) is 0 Å². The topological polar surface area (TPSA) is 108 Å². The fourth-order valence-corrected chi connectivity index (χ4v) is 4.34. The molecule has 0 unspecified atom stereocenters. The van der Waals surface area contributed by atoms with E-state index in [4.69, 9.17) is 4.74 Å². The zero-order valence-electron chi connectivity index (χ0n) is 20.3. The van der Waals surface area contributed by atoms with E-state index in [1.54, 1.807) is 38.9 Å². The first-order chi connectivity index (χ1) is 17.6. The second-order valence-corrected chi connectivity index (χ2v) is 8.50. The number of fused-ring (bicyclic) bond motifs is 1. The van der Waals surface area contributed by atoms with Crippen molar-refractivity contribution in [2.45, 2.75) is 0 Å². The minimum Gasteiger partial charge on any atom is -0.497 e. The molecule has 10 heteroatoms. The SMILES string of the molecule is CNc1nccc(-c2cc(NC(=O)CN3CCN(c4cnccn4)CC3)c3cc(OC)ccc3c2)n1. The lowest BCUT2D eigenvalue weighted by molar-refractivity contribution is -0.117. The number of hydrogen-bond acceptors (Lipinski definition) is 9. The molecule has 1 aliphatic heterocycles. The third-order valence-electron chi connectivity index (χ3n) is 6.22. The van der Waals surface area contributed by atoms with Crippen LogP contribution >= 0.6 is 0 Å². The van der Waals surface area contributed by atoms with E-state index in [0.717, 1.165) is 59.8 Å². The van der Waals surface area contributed by atoms with E-state index in [1.165, 1.54) is 0 Å². The van der Waals surface area contributed by atoms with Crippen molar-refractivity contribution in [3.63, 3.8) is 0 Å². The number of carbonyl (C=O) groups is 1. The van der Waals surface area contributed by atoms with Gasteiger partial charge in [0.1, 0.15) is 11.6 Å². The van der Waals surface area contributed by atoms with E-state index in [2.05, 4.69) is 46.4 Å². The van der Waals surface area contributed by atoms with Gasteiger partial charge in [-0.05, 0) is 35.7 Å². The molecule has 36 heavy (non-hydrogen) atoms. The Balaban J connectivity index is 1.35. The molecule has 184 valence electrons. The summed E-state index contributed by atoms with van der Waals surface area (Å²) in [6, 6.07) is 11.7. The number of ether oxygens (including phenoxy) is 1. The molecule has 0 saturated carbocycles. The van der Waals surface area contributed by atoms with Crippen LogP contribution in [0.4, 0.5) is 17.5 Å². The summed E-state index contributed by atoms with van der Waals surface area (Å²) in [6.45, 7) is 3.44. The quantitative estimate of drug-likeness (QED) is 0.409. The van der Waals surface area contributed by atoms with Gasteiger partial charge in [0, 0.05) is 68.5 Å². The van der Waals surface area contributed by atoms with Crippen LogP contribution < -0.4 is 20.3 Å². The summed E-state index contributed by atoms with van der Waals surface area (Å²) in [6.07, 6.45) is 6.85.